The number of nitrogens with one attached hydrogen (secondary N) is 1. The third-order valence-corrected chi connectivity index (χ3v) is 4.65. The van der Waals surface area contributed by atoms with E-state index in [1.54, 1.807) is 6.20 Å². The van der Waals surface area contributed by atoms with Crippen LogP contribution in [-0.4, -0.2) is 15.5 Å². The Morgan fingerprint density at radius 3 is 2.48 bits per heavy atom. The van der Waals surface area contributed by atoms with Crippen molar-refractivity contribution in [2.24, 2.45) is 5.73 Å². The van der Waals surface area contributed by atoms with E-state index in [0.29, 0.717) is 6.54 Å². The molecule has 0 aliphatic carbocycles. The maximum atomic E-state index is 12.4. The third kappa shape index (κ3) is 7.20. The Morgan fingerprint density at radius 2 is 1.79 bits per heavy atom. The van der Waals surface area contributed by atoms with E-state index in [0.717, 1.165) is 36.3 Å². The van der Waals surface area contributed by atoms with E-state index in [1.807, 2.05) is 43.5 Å². The normalized spacial score (nSPS) is 11.1. The zero-order chi connectivity index (χ0) is 19.1. The van der Waals surface area contributed by atoms with Crippen LogP contribution < -0.4 is 11.1 Å². The Labute approximate surface area is 184 Å². The van der Waals surface area contributed by atoms with Crippen molar-refractivity contribution < 1.29 is 4.79 Å². The van der Waals surface area contributed by atoms with Gasteiger partial charge in [0.15, 0.2) is 0 Å². The summed E-state index contributed by atoms with van der Waals surface area (Å²) in [6.45, 7) is 3.24. The van der Waals surface area contributed by atoms with Crippen LogP contribution in [0.15, 0.2) is 67.0 Å². The Hall–Kier alpha value is -2.34. The number of nitrogens with zero attached hydrogens (tertiary/aromatic N) is 2. The Bertz CT molecular complexity index is 866. The average molecular weight is 435 g/mol. The average Bonchev–Trinajstić information content (AvgIpc) is 3.14. The predicted molar refractivity (Wildman–Crippen MR) is 121 cm³/mol. The molecule has 7 heteroatoms. The highest BCUT2D eigenvalue weighted by Gasteiger charge is 2.16. The molecule has 3 N–H and O–H groups in total. The highest BCUT2D eigenvalue weighted by molar-refractivity contribution is 5.85. The Kier molecular flexibility index (Phi) is 10.5. The van der Waals surface area contributed by atoms with Crippen LogP contribution >= 0.6 is 24.8 Å². The van der Waals surface area contributed by atoms with E-state index < -0.39 is 6.04 Å². The molecule has 3 aromatic rings. The molecule has 1 unspecified atom stereocenters. The zero-order valence-corrected chi connectivity index (χ0v) is 18.1. The van der Waals surface area contributed by atoms with Crippen molar-refractivity contribution in [2.75, 3.05) is 0 Å². The van der Waals surface area contributed by atoms with Gasteiger partial charge in [-0.1, -0.05) is 60.2 Å². The molecule has 29 heavy (non-hydrogen) atoms. The minimum Gasteiger partial charge on any atom is -0.347 e. The molecular weight excluding hydrogens is 407 g/mol. The summed E-state index contributed by atoms with van der Waals surface area (Å²) in [5, 5.41) is 2.90. The van der Waals surface area contributed by atoms with Gasteiger partial charge in [0, 0.05) is 18.9 Å². The molecule has 0 spiro atoms. The lowest BCUT2D eigenvalue weighted by molar-refractivity contribution is -0.122. The minimum absolute atomic E-state index is 0. The zero-order valence-electron chi connectivity index (χ0n) is 16.5. The summed E-state index contributed by atoms with van der Waals surface area (Å²) in [5.74, 6) is 0.644. The first-order valence-corrected chi connectivity index (χ1v) is 9.27. The van der Waals surface area contributed by atoms with Crippen molar-refractivity contribution in [1.29, 1.82) is 0 Å². The molecule has 0 fully saturated rings. The predicted octanol–water partition coefficient (Wildman–Crippen LogP) is 3.98. The molecule has 0 saturated carbocycles. The highest BCUT2D eigenvalue weighted by Crippen LogP contribution is 2.12. The Morgan fingerprint density at radius 1 is 1.10 bits per heavy atom. The van der Waals surface area contributed by atoms with Gasteiger partial charge in [0.1, 0.15) is 11.9 Å². The molecule has 0 bridgehead atoms. The van der Waals surface area contributed by atoms with Gasteiger partial charge in [-0.3, -0.25) is 4.79 Å². The fourth-order valence-electron chi connectivity index (χ4n) is 3.01. The van der Waals surface area contributed by atoms with Crippen LogP contribution in [0.1, 0.15) is 35.0 Å². The van der Waals surface area contributed by atoms with Crippen molar-refractivity contribution in [2.45, 2.75) is 38.9 Å². The molecule has 2 aromatic carbocycles. The van der Waals surface area contributed by atoms with Crippen molar-refractivity contribution >= 4 is 30.7 Å². The van der Waals surface area contributed by atoms with Gasteiger partial charge in [-0.15, -0.1) is 24.8 Å². The van der Waals surface area contributed by atoms with Gasteiger partial charge in [-0.25, -0.2) is 4.98 Å². The number of carbonyl (C=O) groups is 1. The van der Waals surface area contributed by atoms with Crippen LogP contribution in [-0.2, 0) is 24.3 Å². The first-order valence-electron chi connectivity index (χ1n) is 9.27. The van der Waals surface area contributed by atoms with Crippen molar-refractivity contribution in [3.63, 3.8) is 0 Å². The second-order valence-electron chi connectivity index (χ2n) is 6.73. The summed E-state index contributed by atoms with van der Waals surface area (Å²) in [5.41, 5.74) is 9.35. The van der Waals surface area contributed by atoms with E-state index in [9.17, 15) is 4.79 Å². The lowest BCUT2D eigenvalue weighted by Crippen LogP contribution is -2.34. The number of nitrogens with two attached hydrogens (primary N) is 1. The number of halogens is 2. The standard InChI is InChI=1S/C22H26N4O.2ClH/c1-17-9-11-19(12-10-17)21(23)22(27)25-16-20-24-13-15-26(20)14-5-8-18-6-3-2-4-7-18;;/h2-4,6-7,9-13,15,21H,5,8,14,16,23H2,1H3,(H,25,27);2*1H. The second-order valence-corrected chi connectivity index (χ2v) is 6.73. The number of rotatable bonds is 8. The van der Waals surface area contributed by atoms with E-state index in [4.69, 9.17) is 5.73 Å². The van der Waals surface area contributed by atoms with Crippen LogP contribution in [0, 0.1) is 6.92 Å². The molecule has 3 rings (SSSR count). The van der Waals surface area contributed by atoms with Crippen molar-refractivity contribution in [3.05, 3.63) is 89.5 Å². The first kappa shape index (κ1) is 24.7. The first-order chi connectivity index (χ1) is 13.1. The van der Waals surface area contributed by atoms with Gasteiger partial charge in [0.2, 0.25) is 5.91 Å². The molecule has 1 atom stereocenters. The molecule has 0 saturated heterocycles. The van der Waals surface area contributed by atoms with Crippen LogP contribution in [0.4, 0.5) is 0 Å². The van der Waals surface area contributed by atoms with Crippen molar-refractivity contribution in [3.8, 4) is 0 Å². The number of aryl methyl sites for hydroxylation is 3. The summed E-state index contributed by atoms with van der Waals surface area (Å²) in [6, 6.07) is 17.5. The van der Waals surface area contributed by atoms with Crippen LogP contribution in [0.5, 0.6) is 0 Å². The third-order valence-electron chi connectivity index (χ3n) is 4.65. The number of aromatic nitrogens is 2. The molecule has 0 aliphatic rings. The molecule has 1 aromatic heterocycles. The molecular formula is C22H28Cl2N4O. The van der Waals surface area contributed by atoms with E-state index in [2.05, 4.69) is 39.1 Å². The highest BCUT2D eigenvalue weighted by atomic mass is 35.5. The van der Waals surface area contributed by atoms with Gasteiger partial charge >= 0.3 is 0 Å². The molecule has 0 aliphatic heterocycles. The number of hydrogen-bond donors (Lipinski definition) is 2. The lowest BCUT2D eigenvalue weighted by atomic mass is 10.1. The molecule has 156 valence electrons. The minimum atomic E-state index is -0.674. The maximum absolute atomic E-state index is 12.4. The number of carbonyl (C=O) groups excluding carboxylic acids is 1. The molecule has 1 amide bonds. The topological polar surface area (TPSA) is 72.9 Å². The number of amides is 1. The molecule has 0 radical (unpaired) electrons. The fourth-order valence-corrected chi connectivity index (χ4v) is 3.01. The van der Waals surface area contributed by atoms with E-state index in [-0.39, 0.29) is 30.7 Å². The van der Waals surface area contributed by atoms with Crippen molar-refractivity contribution in [1.82, 2.24) is 14.9 Å². The van der Waals surface area contributed by atoms with E-state index >= 15 is 0 Å². The SMILES string of the molecule is Cc1ccc(C(N)C(=O)NCc2nccn2CCCc2ccccc2)cc1.Cl.Cl. The van der Waals surface area contributed by atoms with Crippen LogP contribution in [0.25, 0.3) is 0 Å². The van der Waals surface area contributed by atoms with Gasteiger partial charge in [0.25, 0.3) is 0 Å². The molecule has 1 heterocycles. The van der Waals surface area contributed by atoms with E-state index in [1.165, 1.54) is 5.56 Å². The summed E-state index contributed by atoms with van der Waals surface area (Å²) < 4.78 is 2.08. The summed E-state index contributed by atoms with van der Waals surface area (Å²) in [4.78, 5) is 16.7. The van der Waals surface area contributed by atoms with Gasteiger partial charge in [-0.2, -0.15) is 0 Å². The Balaban J connectivity index is 0.00000210. The van der Waals surface area contributed by atoms with Gasteiger partial charge in [-0.05, 0) is 30.9 Å². The largest absolute Gasteiger partial charge is 0.347 e. The monoisotopic (exact) mass is 434 g/mol. The fraction of sp³-hybridized carbons (Fsp3) is 0.273. The maximum Gasteiger partial charge on any atom is 0.241 e. The van der Waals surface area contributed by atoms with Crippen LogP contribution in [0.2, 0.25) is 0 Å². The number of hydrogen-bond acceptors (Lipinski definition) is 3. The second kappa shape index (κ2) is 12.3. The number of imidazole rings is 1. The smallest absolute Gasteiger partial charge is 0.241 e. The lowest BCUT2D eigenvalue weighted by Gasteiger charge is -2.14. The van der Waals surface area contributed by atoms with Gasteiger partial charge in [0.05, 0.1) is 6.54 Å². The summed E-state index contributed by atoms with van der Waals surface area (Å²) in [7, 11) is 0. The van der Waals surface area contributed by atoms with Crippen LogP contribution in [0.3, 0.4) is 0 Å². The quantitative estimate of drug-likeness (QED) is 0.562. The molecule has 5 nitrogen and oxygen atoms in total. The number of benzene rings is 2. The summed E-state index contributed by atoms with van der Waals surface area (Å²) >= 11 is 0. The van der Waals surface area contributed by atoms with Gasteiger partial charge < -0.3 is 15.6 Å². The summed E-state index contributed by atoms with van der Waals surface area (Å²) in [6.07, 6.45) is 5.75.